The molecule has 4 heteroatoms. The lowest BCUT2D eigenvalue weighted by molar-refractivity contribution is -0.118. The van der Waals surface area contributed by atoms with E-state index in [1.165, 1.54) is 5.56 Å². The maximum atomic E-state index is 11.9. The number of phenolic OH excluding ortho intramolecular Hbond substituents is 1. The highest BCUT2D eigenvalue weighted by atomic mass is 16.5. The highest BCUT2D eigenvalue weighted by Gasteiger charge is 2.08. The first-order valence-corrected chi connectivity index (χ1v) is 7.81. The normalized spacial score (nSPS) is 11.8. The molecule has 23 heavy (non-hydrogen) atoms. The third kappa shape index (κ3) is 4.74. The molecule has 1 amide bonds. The highest BCUT2D eigenvalue weighted by Crippen LogP contribution is 2.24. The van der Waals surface area contributed by atoms with Gasteiger partial charge in [0.15, 0.2) is 6.61 Å². The molecular formula is C19H23NO3. The first kappa shape index (κ1) is 16.9. The van der Waals surface area contributed by atoms with E-state index < -0.39 is 0 Å². The van der Waals surface area contributed by atoms with E-state index in [0.29, 0.717) is 17.4 Å². The van der Waals surface area contributed by atoms with Gasteiger partial charge in [0.1, 0.15) is 11.5 Å². The van der Waals surface area contributed by atoms with Gasteiger partial charge in [-0.05, 0) is 54.7 Å². The second-order valence-electron chi connectivity index (χ2n) is 5.74. The molecule has 2 N–H and O–H groups in total. The van der Waals surface area contributed by atoms with Crippen molar-refractivity contribution in [1.82, 2.24) is 0 Å². The predicted molar refractivity (Wildman–Crippen MR) is 92.1 cm³/mol. The van der Waals surface area contributed by atoms with E-state index in [-0.39, 0.29) is 18.3 Å². The highest BCUT2D eigenvalue weighted by molar-refractivity contribution is 5.93. The summed E-state index contributed by atoms with van der Waals surface area (Å²) in [7, 11) is 0. The number of aromatic hydroxyl groups is 1. The Morgan fingerprint density at radius 3 is 2.57 bits per heavy atom. The molecule has 1 atom stereocenters. The predicted octanol–water partition coefficient (Wildman–Crippen LogP) is 4.23. The van der Waals surface area contributed by atoms with Gasteiger partial charge in [-0.25, -0.2) is 0 Å². The van der Waals surface area contributed by atoms with Crippen LogP contribution in [0.2, 0.25) is 0 Å². The Morgan fingerprint density at radius 1 is 1.22 bits per heavy atom. The zero-order valence-electron chi connectivity index (χ0n) is 13.8. The number of carbonyl (C=O) groups excluding carboxylic acids is 1. The zero-order chi connectivity index (χ0) is 16.8. The molecule has 2 aromatic carbocycles. The summed E-state index contributed by atoms with van der Waals surface area (Å²) in [6.07, 6.45) is 1.09. The Bertz CT molecular complexity index is 665. The van der Waals surface area contributed by atoms with Crippen LogP contribution in [0.3, 0.4) is 0 Å². The number of hydrogen-bond donors (Lipinski definition) is 2. The van der Waals surface area contributed by atoms with E-state index in [4.69, 9.17) is 4.74 Å². The molecule has 0 spiro atoms. The van der Waals surface area contributed by atoms with Crippen molar-refractivity contribution in [3.05, 3.63) is 53.6 Å². The van der Waals surface area contributed by atoms with Crippen LogP contribution in [0.4, 0.5) is 5.69 Å². The Kier molecular flexibility index (Phi) is 5.63. The van der Waals surface area contributed by atoms with Crippen LogP contribution in [0.1, 0.15) is 37.3 Å². The van der Waals surface area contributed by atoms with Crippen LogP contribution in [-0.2, 0) is 4.79 Å². The van der Waals surface area contributed by atoms with Crippen LogP contribution in [0.25, 0.3) is 0 Å². The summed E-state index contributed by atoms with van der Waals surface area (Å²) in [6.45, 7) is 6.12. The molecule has 122 valence electrons. The molecule has 0 aliphatic rings. The first-order chi connectivity index (χ1) is 11.0. The summed E-state index contributed by atoms with van der Waals surface area (Å²) in [4.78, 5) is 11.9. The van der Waals surface area contributed by atoms with E-state index in [1.54, 1.807) is 18.2 Å². The van der Waals surface area contributed by atoms with Gasteiger partial charge in [0.05, 0.1) is 5.69 Å². The van der Waals surface area contributed by atoms with Crippen LogP contribution in [0.15, 0.2) is 42.5 Å². The molecule has 0 aliphatic heterocycles. The van der Waals surface area contributed by atoms with Gasteiger partial charge in [-0.2, -0.15) is 0 Å². The minimum absolute atomic E-state index is 0.0434. The number of ether oxygens (including phenoxy) is 1. The average molecular weight is 313 g/mol. The fourth-order valence-electron chi connectivity index (χ4n) is 2.21. The summed E-state index contributed by atoms with van der Waals surface area (Å²) >= 11 is 0. The molecule has 0 unspecified atom stereocenters. The average Bonchev–Trinajstić information content (AvgIpc) is 2.56. The van der Waals surface area contributed by atoms with E-state index in [9.17, 15) is 9.90 Å². The minimum atomic E-state index is -0.308. The summed E-state index contributed by atoms with van der Waals surface area (Å²) in [5.41, 5.74) is 2.61. The van der Waals surface area contributed by atoms with Crippen molar-refractivity contribution in [2.75, 3.05) is 11.9 Å². The lowest BCUT2D eigenvalue weighted by Crippen LogP contribution is -2.20. The summed E-state index contributed by atoms with van der Waals surface area (Å²) in [5.74, 6) is 0.899. The standard InChI is InChI=1S/C19H23NO3/c1-4-14(3)15-6-8-16(9-7-15)23-12-19(22)20-17-11-13(2)5-10-18(17)21/h5-11,14,21H,4,12H2,1-3H3,(H,20,22)/t14-/m0/s1. The van der Waals surface area contributed by atoms with Gasteiger partial charge in [0.2, 0.25) is 0 Å². The van der Waals surface area contributed by atoms with Crippen molar-refractivity contribution in [2.45, 2.75) is 33.1 Å². The molecule has 0 fully saturated rings. The van der Waals surface area contributed by atoms with Gasteiger partial charge in [0.25, 0.3) is 5.91 Å². The number of nitrogens with one attached hydrogen (secondary N) is 1. The van der Waals surface area contributed by atoms with Crippen molar-refractivity contribution in [1.29, 1.82) is 0 Å². The van der Waals surface area contributed by atoms with Crippen LogP contribution in [0.5, 0.6) is 11.5 Å². The maximum Gasteiger partial charge on any atom is 0.262 e. The molecule has 4 nitrogen and oxygen atoms in total. The topological polar surface area (TPSA) is 58.6 Å². The maximum absolute atomic E-state index is 11.9. The van der Waals surface area contributed by atoms with E-state index in [2.05, 4.69) is 19.2 Å². The molecule has 0 saturated carbocycles. The number of rotatable bonds is 6. The molecular weight excluding hydrogens is 290 g/mol. The fraction of sp³-hybridized carbons (Fsp3) is 0.316. The largest absolute Gasteiger partial charge is 0.506 e. The number of phenols is 1. The third-order valence-electron chi connectivity index (χ3n) is 3.86. The molecule has 0 aliphatic carbocycles. The van der Waals surface area contributed by atoms with Gasteiger partial charge in [0, 0.05) is 0 Å². The monoisotopic (exact) mass is 313 g/mol. The van der Waals surface area contributed by atoms with Crippen molar-refractivity contribution in [3.63, 3.8) is 0 Å². The Balaban J connectivity index is 1.90. The van der Waals surface area contributed by atoms with Crippen LogP contribution in [-0.4, -0.2) is 17.6 Å². The SMILES string of the molecule is CC[C@H](C)c1ccc(OCC(=O)Nc2cc(C)ccc2O)cc1. The second kappa shape index (κ2) is 7.68. The fourth-order valence-corrected chi connectivity index (χ4v) is 2.21. The number of benzene rings is 2. The zero-order valence-corrected chi connectivity index (χ0v) is 13.8. The number of anilines is 1. The summed E-state index contributed by atoms with van der Waals surface area (Å²) in [5, 5.41) is 12.4. The van der Waals surface area contributed by atoms with E-state index >= 15 is 0 Å². The number of aryl methyl sites for hydroxylation is 1. The lowest BCUT2D eigenvalue weighted by atomic mass is 9.99. The van der Waals surface area contributed by atoms with Crippen molar-refractivity contribution < 1.29 is 14.6 Å². The molecule has 0 radical (unpaired) electrons. The van der Waals surface area contributed by atoms with Crippen molar-refractivity contribution >= 4 is 11.6 Å². The molecule has 0 aromatic heterocycles. The summed E-state index contributed by atoms with van der Waals surface area (Å²) in [6, 6.07) is 12.8. The van der Waals surface area contributed by atoms with Crippen LogP contribution in [0, 0.1) is 6.92 Å². The summed E-state index contributed by atoms with van der Waals surface area (Å²) < 4.78 is 5.48. The van der Waals surface area contributed by atoms with Gasteiger partial charge in [-0.3, -0.25) is 4.79 Å². The molecule has 2 aromatic rings. The quantitative estimate of drug-likeness (QED) is 0.785. The third-order valence-corrected chi connectivity index (χ3v) is 3.86. The molecule has 0 heterocycles. The second-order valence-corrected chi connectivity index (χ2v) is 5.74. The molecule has 0 saturated heterocycles. The van der Waals surface area contributed by atoms with Crippen LogP contribution < -0.4 is 10.1 Å². The smallest absolute Gasteiger partial charge is 0.262 e. The van der Waals surface area contributed by atoms with Gasteiger partial charge >= 0.3 is 0 Å². The molecule has 0 bridgehead atoms. The van der Waals surface area contributed by atoms with Crippen molar-refractivity contribution in [3.8, 4) is 11.5 Å². The Labute approximate surface area is 137 Å². The number of carbonyl (C=O) groups is 1. The molecule has 2 rings (SSSR count). The van der Waals surface area contributed by atoms with Crippen molar-refractivity contribution in [2.24, 2.45) is 0 Å². The van der Waals surface area contributed by atoms with Crippen LogP contribution >= 0.6 is 0 Å². The van der Waals surface area contributed by atoms with E-state index in [0.717, 1.165) is 12.0 Å². The van der Waals surface area contributed by atoms with Gasteiger partial charge in [-0.15, -0.1) is 0 Å². The Hall–Kier alpha value is -2.49. The lowest BCUT2D eigenvalue weighted by Gasteiger charge is -2.11. The first-order valence-electron chi connectivity index (χ1n) is 7.81. The van der Waals surface area contributed by atoms with Gasteiger partial charge < -0.3 is 15.2 Å². The van der Waals surface area contributed by atoms with Gasteiger partial charge in [-0.1, -0.05) is 32.0 Å². The minimum Gasteiger partial charge on any atom is -0.506 e. The van der Waals surface area contributed by atoms with E-state index in [1.807, 2.05) is 31.2 Å². The number of hydrogen-bond acceptors (Lipinski definition) is 3. The number of amides is 1. The Morgan fingerprint density at radius 2 is 1.91 bits per heavy atom.